The molecule has 1 aliphatic carbocycles. The van der Waals surface area contributed by atoms with Crippen LogP contribution < -0.4 is 10.6 Å². The summed E-state index contributed by atoms with van der Waals surface area (Å²) in [5.74, 6) is 1.14. The molecule has 0 aromatic rings. The minimum atomic E-state index is 0.186. The van der Waals surface area contributed by atoms with Crippen molar-refractivity contribution in [2.75, 3.05) is 46.8 Å². The lowest BCUT2D eigenvalue weighted by molar-refractivity contribution is -0.130. The summed E-state index contributed by atoms with van der Waals surface area (Å²) in [4.78, 5) is 20.6. The van der Waals surface area contributed by atoms with E-state index in [-0.39, 0.29) is 5.91 Å². The zero-order valence-electron chi connectivity index (χ0n) is 16.6. The number of hydrogen-bond acceptors (Lipinski definition) is 3. The lowest BCUT2D eigenvalue weighted by Gasteiger charge is -2.33. The highest BCUT2D eigenvalue weighted by Crippen LogP contribution is 2.37. The van der Waals surface area contributed by atoms with Crippen molar-refractivity contribution in [1.29, 1.82) is 0 Å². The van der Waals surface area contributed by atoms with E-state index in [1.807, 2.05) is 14.1 Å². The average molecular weight is 352 g/mol. The molecular formula is C19H37N5O. The first-order valence-corrected chi connectivity index (χ1v) is 9.89. The van der Waals surface area contributed by atoms with E-state index in [4.69, 9.17) is 4.99 Å². The number of rotatable bonds is 6. The van der Waals surface area contributed by atoms with Crippen LogP contribution in [0.1, 0.15) is 52.4 Å². The van der Waals surface area contributed by atoms with Crippen molar-refractivity contribution in [2.24, 2.45) is 10.4 Å². The summed E-state index contributed by atoms with van der Waals surface area (Å²) in [6.07, 6.45) is 7.41. The molecule has 6 heteroatoms. The molecule has 0 radical (unpaired) electrons. The van der Waals surface area contributed by atoms with Crippen LogP contribution in [0.15, 0.2) is 4.99 Å². The third-order valence-electron chi connectivity index (χ3n) is 5.56. The predicted molar refractivity (Wildman–Crippen MR) is 104 cm³/mol. The molecule has 1 saturated heterocycles. The summed E-state index contributed by atoms with van der Waals surface area (Å²) in [6, 6.07) is 0.444. The molecule has 1 saturated carbocycles. The number of nitrogens with zero attached hydrogens (tertiary/aromatic N) is 3. The first-order chi connectivity index (χ1) is 11.9. The summed E-state index contributed by atoms with van der Waals surface area (Å²) in [5.41, 5.74) is 0.387. The second-order valence-electron chi connectivity index (χ2n) is 8.20. The van der Waals surface area contributed by atoms with Crippen LogP contribution >= 0.6 is 0 Å². The maximum atomic E-state index is 11.8. The Labute approximate surface area is 153 Å². The molecule has 0 bridgehead atoms. The number of hydrogen-bond donors (Lipinski definition) is 2. The van der Waals surface area contributed by atoms with Gasteiger partial charge in [-0.1, -0.05) is 19.8 Å². The van der Waals surface area contributed by atoms with Crippen molar-refractivity contribution in [1.82, 2.24) is 20.4 Å². The second-order valence-corrected chi connectivity index (χ2v) is 8.20. The summed E-state index contributed by atoms with van der Waals surface area (Å²) in [7, 11) is 3.64. The van der Waals surface area contributed by atoms with Crippen molar-refractivity contribution in [2.45, 2.75) is 58.4 Å². The van der Waals surface area contributed by atoms with E-state index in [1.54, 1.807) is 4.90 Å². The lowest BCUT2D eigenvalue weighted by atomic mass is 9.89. The van der Waals surface area contributed by atoms with Gasteiger partial charge in [-0.15, -0.1) is 0 Å². The smallest absolute Gasteiger partial charge is 0.236 e. The monoisotopic (exact) mass is 351 g/mol. The van der Waals surface area contributed by atoms with Gasteiger partial charge in [-0.2, -0.15) is 0 Å². The minimum Gasteiger partial charge on any atom is -0.357 e. The van der Waals surface area contributed by atoms with Crippen molar-refractivity contribution >= 4 is 11.9 Å². The predicted octanol–water partition coefficient (Wildman–Crippen LogP) is 1.67. The van der Waals surface area contributed by atoms with Crippen LogP contribution in [0.3, 0.4) is 0 Å². The number of likely N-dealkylation sites (N-methyl/N-ethyl adjacent to an activating group) is 1. The topological polar surface area (TPSA) is 60.0 Å². The van der Waals surface area contributed by atoms with Gasteiger partial charge >= 0.3 is 0 Å². The molecule has 0 spiro atoms. The standard InChI is InChI=1S/C19H37N5O/c1-5-20-18(21-15-19(2)10-6-7-11-19)22-16-8-12-24(13-9-16)14-17(25)23(3)4/h16H,5-15H2,1-4H3,(H2,20,21,22). The molecule has 1 amide bonds. The number of guanidine groups is 1. The molecule has 0 atom stereocenters. The Morgan fingerprint density at radius 2 is 1.88 bits per heavy atom. The van der Waals surface area contributed by atoms with Crippen LogP contribution in [0.2, 0.25) is 0 Å². The molecule has 0 aromatic carbocycles. The van der Waals surface area contributed by atoms with Gasteiger partial charge in [-0.3, -0.25) is 14.7 Å². The van der Waals surface area contributed by atoms with Crippen LogP contribution in [0.25, 0.3) is 0 Å². The Morgan fingerprint density at radius 1 is 1.24 bits per heavy atom. The van der Waals surface area contributed by atoms with Crippen LogP contribution in [-0.2, 0) is 4.79 Å². The van der Waals surface area contributed by atoms with Crippen molar-refractivity contribution < 1.29 is 4.79 Å². The minimum absolute atomic E-state index is 0.186. The highest BCUT2D eigenvalue weighted by atomic mass is 16.2. The lowest BCUT2D eigenvalue weighted by Crippen LogP contribution is -2.50. The van der Waals surface area contributed by atoms with Crippen LogP contribution in [-0.4, -0.2) is 74.5 Å². The van der Waals surface area contributed by atoms with E-state index in [9.17, 15) is 4.79 Å². The molecule has 144 valence electrons. The Bertz CT molecular complexity index is 449. The summed E-state index contributed by atoms with van der Waals surface area (Å²) < 4.78 is 0. The van der Waals surface area contributed by atoms with Crippen molar-refractivity contribution in [3.63, 3.8) is 0 Å². The molecule has 1 aliphatic heterocycles. The van der Waals surface area contributed by atoms with Gasteiger partial charge in [0.05, 0.1) is 6.54 Å². The van der Waals surface area contributed by atoms with Crippen molar-refractivity contribution in [3.05, 3.63) is 0 Å². The molecule has 2 fully saturated rings. The first-order valence-electron chi connectivity index (χ1n) is 9.89. The highest BCUT2D eigenvalue weighted by molar-refractivity contribution is 5.80. The van der Waals surface area contributed by atoms with Gasteiger partial charge in [0.25, 0.3) is 0 Å². The zero-order valence-corrected chi connectivity index (χ0v) is 16.6. The largest absolute Gasteiger partial charge is 0.357 e. The number of likely N-dealkylation sites (tertiary alicyclic amines) is 1. The van der Waals surface area contributed by atoms with Gasteiger partial charge in [0.2, 0.25) is 5.91 Å². The van der Waals surface area contributed by atoms with Crippen LogP contribution in [0.4, 0.5) is 0 Å². The molecular weight excluding hydrogens is 314 g/mol. The average Bonchev–Trinajstić information content (AvgIpc) is 3.01. The Balaban J connectivity index is 1.79. The van der Waals surface area contributed by atoms with Gasteiger partial charge < -0.3 is 15.5 Å². The Kier molecular flexibility index (Phi) is 7.54. The molecule has 2 aliphatic rings. The number of carbonyl (C=O) groups is 1. The fraction of sp³-hybridized carbons (Fsp3) is 0.895. The molecule has 1 heterocycles. The maximum Gasteiger partial charge on any atom is 0.236 e. The fourth-order valence-electron chi connectivity index (χ4n) is 3.74. The number of nitrogens with one attached hydrogen (secondary N) is 2. The van der Waals surface area contributed by atoms with E-state index in [1.165, 1.54) is 25.7 Å². The van der Waals surface area contributed by atoms with E-state index in [0.29, 0.717) is 18.0 Å². The maximum absolute atomic E-state index is 11.8. The Morgan fingerprint density at radius 3 is 2.44 bits per heavy atom. The molecule has 2 rings (SSSR count). The van der Waals surface area contributed by atoms with Crippen molar-refractivity contribution in [3.8, 4) is 0 Å². The number of aliphatic imine (C=N–C) groups is 1. The van der Waals surface area contributed by atoms with Crippen LogP contribution in [0, 0.1) is 5.41 Å². The fourth-order valence-corrected chi connectivity index (χ4v) is 3.74. The van der Waals surface area contributed by atoms with Gasteiger partial charge in [0.15, 0.2) is 5.96 Å². The number of piperidine rings is 1. The summed E-state index contributed by atoms with van der Waals surface area (Å²) in [6.45, 7) is 8.75. The molecule has 2 N–H and O–H groups in total. The third-order valence-corrected chi connectivity index (χ3v) is 5.56. The first kappa shape index (κ1) is 20.0. The zero-order chi connectivity index (χ0) is 18.3. The molecule has 25 heavy (non-hydrogen) atoms. The van der Waals surface area contributed by atoms with E-state index >= 15 is 0 Å². The van der Waals surface area contributed by atoms with Gasteiger partial charge in [-0.05, 0) is 38.0 Å². The quantitative estimate of drug-likeness (QED) is 0.565. The highest BCUT2D eigenvalue weighted by Gasteiger charge is 2.28. The SMILES string of the molecule is CCNC(=NCC1(C)CCCC1)NC1CCN(CC(=O)N(C)C)CC1. The van der Waals surface area contributed by atoms with E-state index < -0.39 is 0 Å². The van der Waals surface area contributed by atoms with Gasteiger partial charge in [-0.25, -0.2) is 0 Å². The van der Waals surface area contributed by atoms with Crippen LogP contribution in [0.5, 0.6) is 0 Å². The van der Waals surface area contributed by atoms with Gasteiger partial charge in [0.1, 0.15) is 0 Å². The summed E-state index contributed by atoms with van der Waals surface area (Å²) in [5, 5.41) is 7.01. The van der Waals surface area contributed by atoms with E-state index in [0.717, 1.165) is 45.0 Å². The normalized spacial score (nSPS) is 22.0. The van der Waals surface area contributed by atoms with Gasteiger partial charge in [0, 0.05) is 46.3 Å². The summed E-state index contributed by atoms with van der Waals surface area (Å²) >= 11 is 0. The molecule has 0 unspecified atom stereocenters. The third kappa shape index (κ3) is 6.49. The number of amides is 1. The van der Waals surface area contributed by atoms with E-state index in [2.05, 4.69) is 29.4 Å². The molecule has 6 nitrogen and oxygen atoms in total. The second kappa shape index (κ2) is 9.41. The Hall–Kier alpha value is -1.30. The number of carbonyl (C=O) groups excluding carboxylic acids is 1. The molecule has 0 aromatic heterocycles.